The van der Waals surface area contributed by atoms with Crippen molar-refractivity contribution in [2.45, 2.75) is 20.0 Å². The maximum Gasteiger partial charge on any atom is 0.335 e. The number of carbonyl (C=O) groups is 1. The highest BCUT2D eigenvalue weighted by Gasteiger charge is 2.25. The number of carboxylic acids is 1. The van der Waals surface area contributed by atoms with E-state index in [1.807, 2.05) is 38.1 Å². The molecule has 0 aliphatic heterocycles. The minimum absolute atomic E-state index is 0.115. The van der Waals surface area contributed by atoms with Crippen molar-refractivity contribution in [3.8, 4) is 0 Å². The van der Waals surface area contributed by atoms with Crippen molar-refractivity contribution in [2.75, 3.05) is 6.26 Å². The van der Waals surface area contributed by atoms with Gasteiger partial charge in [-0.3, -0.25) is 9.17 Å². The molecular formula is C20H19NO5S. The largest absolute Gasteiger partial charge is 0.478 e. The quantitative estimate of drug-likeness (QED) is 0.674. The number of aryl methyl sites for hydroxylation is 1. The van der Waals surface area contributed by atoms with E-state index in [-0.39, 0.29) is 5.56 Å². The van der Waals surface area contributed by atoms with Gasteiger partial charge in [0.1, 0.15) is 6.10 Å². The average Bonchev–Trinajstić information content (AvgIpc) is 2.60. The summed E-state index contributed by atoms with van der Waals surface area (Å²) in [4.78, 5) is 15.7. The molecule has 0 saturated carbocycles. The molecule has 0 amide bonds. The molecule has 0 radical (unpaired) electrons. The summed E-state index contributed by atoms with van der Waals surface area (Å²) in [6.07, 6.45) is 0.0893. The lowest BCUT2D eigenvalue weighted by Crippen LogP contribution is -2.15. The van der Waals surface area contributed by atoms with Crippen molar-refractivity contribution in [1.82, 2.24) is 4.98 Å². The lowest BCUT2D eigenvalue weighted by atomic mass is 9.92. The summed E-state index contributed by atoms with van der Waals surface area (Å²) in [5.41, 5.74) is 3.69. The molecule has 3 rings (SSSR count). The Kier molecular flexibility index (Phi) is 4.99. The van der Waals surface area contributed by atoms with Crippen LogP contribution in [0.25, 0.3) is 10.9 Å². The van der Waals surface area contributed by atoms with Crippen molar-refractivity contribution >= 4 is 27.0 Å². The molecular weight excluding hydrogens is 366 g/mol. The molecule has 0 aliphatic carbocycles. The van der Waals surface area contributed by atoms with Crippen molar-refractivity contribution in [3.63, 3.8) is 0 Å². The normalized spacial score (nSPS) is 12.9. The summed E-state index contributed by atoms with van der Waals surface area (Å²) in [5, 5.41) is 9.89. The van der Waals surface area contributed by atoms with Crippen LogP contribution in [0.3, 0.4) is 0 Å². The molecule has 1 N–H and O–H groups in total. The maximum absolute atomic E-state index is 12.0. The summed E-state index contributed by atoms with van der Waals surface area (Å²) >= 11 is 0. The van der Waals surface area contributed by atoms with E-state index in [0.717, 1.165) is 28.4 Å². The molecule has 7 heteroatoms. The molecule has 0 aliphatic rings. The number of benzene rings is 2. The highest BCUT2D eigenvalue weighted by Crippen LogP contribution is 2.35. The first-order valence-electron chi connectivity index (χ1n) is 8.24. The highest BCUT2D eigenvalue weighted by molar-refractivity contribution is 7.86. The smallest absolute Gasteiger partial charge is 0.335 e. The third kappa shape index (κ3) is 3.99. The van der Waals surface area contributed by atoms with Gasteiger partial charge in [0.15, 0.2) is 0 Å². The molecule has 2 aromatic carbocycles. The first-order chi connectivity index (χ1) is 12.7. The number of nitrogens with zero attached hydrogens (tertiary/aromatic N) is 1. The number of hydrogen-bond donors (Lipinski definition) is 1. The van der Waals surface area contributed by atoms with Gasteiger partial charge >= 0.3 is 5.97 Å². The topological polar surface area (TPSA) is 93.6 Å². The van der Waals surface area contributed by atoms with Crippen LogP contribution in [0.15, 0.2) is 48.5 Å². The van der Waals surface area contributed by atoms with Gasteiger partial charge in [-0.15, -0.1) is 0 Å². The Morgan fingerprint density at radius 3 is 2.30 bits per heavy atom. The summed E-state index contributed by atoms with van der Waals surface area (Å²) in [6.45, 7) is 3.73. The van der Waals surface area contributed by atoms with E-state index in [9.17, 15) is 13.2 Å². The molecule has 1 aromatic heterocycles. The van der Waals surface area contributed by atoms with Crippen LogP contribution in [-0.4, -0.2) is 30.7 Å². The Morgan fingerprint density at radius 1 is 1.07 bits per heavy atom. The van der Waals surface area contributed by atoms with Crippen LogP contribution in [0, 0.1) is 13.8 Å². The van der Waals surface area contributed by atoms with E-state index >= 15 is 0 Å². The molecule has 3 aromatic rings. The molecule has 0 spiro atoms. The second-order valence-corrected chi connectivity index (χ2v) is 7.96. The Hall–Kier alpha value is -2.77. The zero-order valence-electron chi connectivity index (χ0n) is 15.1. The van der Waals surface area contributed by atoms with Gasteiger partial charge in [0, 0.05) is 16.6 Å². The SMILES string of the molecule is Cc1nc2ccccc2c(C(OS(C)(=O)=O)c2ccc(C(=O)O)cc2)c1C. The predicted molar refractivity (Wildman–Crippen MR) is 102 cm³/mol. The summed E-state index contributed by atoms with van der Waals surface area (Å²) < 4.78 is 29.4. The molecule has 1 unspecified atom stereocenters. The zero-order chi connectivity index (χ0) is 19.8. The minimum atomic E-state index is -3.78. The molecule has 6 nitrogen and oxygen atoms in total. The number of aromatic carboxylic acids is 1. The molecule has 140 valence electrons. The number of rotatable bonds is 5. The number of para-hydroxylation sites is 1. The van der Waals surface area contributed by atoms with Gasteiger partial charge in [-0.2, -0.15) is 8.42 Å². The van der Waals surface area contributed by atoms with Crippen molar-refractivity contribution in [3.05, 3.63) is 76.5 Å². The Bertz CT molecular complexity index is 1120. The first kappa shape index (κ1) is 19.0. The van der Waals surface area contributed by atoms with Gasteiger partial charge in [0.2, 0.25) is 0 Å². The van der Waals surface area contributed by atoms with Crippen molar-refractivity contribution in [2.24, 2.45) is 0 Å². The number of hydrogen-bond acceptors (Lipinski definition) is 5. The van der Waals surface area contributed by atoms with E-state index in [1.54, 1.807) is 12.1 Å². The van der Waals surface area contributed by atoms with Crippen LogP contribution in [0.4, 0.5) is 0 Å². The second kappa shape index (κ2) is 7.09. The van der Waals surface area contributed by atoms with E-state index in [4.69, 9.17) is 9.29 Å². The van der Waals surface area contributed by atoms with E-state index in [2.05, 4.69) is 4.98 Å². The van der Waals surface area contributed by atoms with Gasteiger partial charge in [0.25, 0.3) is 10.1 Å². The van der Waals surface area contributed by atoms with Crippen molar-refractivity contribution < 1.29 is 22.5 Å². The van der Waals surface area contributed by atoms with Crippen LogP contribution >= 0.6 is 0 Å². The van der Waals surface area contributed by atoms with E-state index in [1.165, 1.54) is 12.1 Å². The summed E-state index contributed by atoms with van der Waals surface area (Å²) in [6, 6.07) is 13.5. The fourth-order valence-electron chi connectivity index (χ4n) is 3.04. The molecule has 1 heterocycles. The minimum Gasteiger partial charge on any atom is -0.478 e. The summed E-state index contributed by atoms with van der Waals surface area (Å²) in [7, 11) is -3.78. The van der Waals surface area contributed by atoms with Crippen LogP contribution in [-0.2, 0) is 14.3 Å². The van der Waals surface area contributed by atoms with Gasteiger partial charge < -0.3 is 5.11 Å². The van der Waals surface area contributed by atoms with Crippen LogP contribution < -0.4 is 0 Å². The molecule has 1 atom stereocenters. The number of aromatic nitrogens is 1. The number of pyridine rings is 1. The Morgan fingerprint density at radius 2 is 1.70 bits per heavy atom. The van der Waals surface area contributed by atoms with Crippen LogP contribution in [0.2, 0.25) is 0 Å². The molecule has 0 bridgehead atoms. The lowest BCUT2D eigenvalue weighted by molar-refractivity contribution is 0.0696. The maximum atomic E-state index is 12.0. The fourth-order valence-corrected chi connectivity index (χ4v) is 3.60. The average molecular weight is 385 g/mol. The third-order valence-corrected chi connectivity index (χ3v) is 4.96. The van der Waals surface area contributed by atoms with E-state index in [0.29, 0.717) is 11.1 Å². The molecule has 0 fully saturated rings. The highest BCUT2D eigenvalue weighted by atomic mass is 32.2. The van der Waals surface area contributed by atoms with Gasteiger partial charge in [-0.25, -0.2) is 4.79 Å². The second-order valence-electron chi connectivity index (χ2n) is 6.36. The monoisotopic (exact) mass is 385 g/mol. The van der Waals surface area contributed by atoms with Crippen LogP contribution in [0.1, 0.15) is 38.8 Å². The lowest BCUT2D eigenvalue weighted by Gasteiger charge is -2.22. The Balaban J connectivity index is 2.27. The summed E-state index contributed by atoms with van der Waals surface area (Å²) in [5.74, 6) is -1.05. The zero-order valence-corrected chi connectivity index (χ0v) is 15.9. The molecule has 27 heavy (non-hydrogen) atoms. The number of fused-ring (bicyclic) bond motifs is 1. The molecule has 0 saturated heterocycles. The standard InChI is InChI=1S/C20H19NO5S/c1-12-13(2)21-17-7-5-4-6-16(17)18(12)19(26-27(3,24)25)14-8-10-15(11-9-14)20(22)23/h4-11,19H,1-3H3,(H,22,23). The Labute approximate surface area is 157 Å². The number of carboxylic acid groups (broad SMARTS) is 1. The predicted octanol–water partition coefficient (Wildman–Crippen LogP) is 3.62. The fraction of sp³-hybridized carbons (Fsp3) is 0.200. The third-order valence-electron chi connectivity index (χ3n) is 4.42. The van der Waals surface area contributed by atoms with E-state index < -0.39 is 22.2 Å². The van der Waals surface area contributed by atoms with Gasteiger partial charge in [0.05, 0.1) is 17.3 Å². The van der Waals surface area contributed by atoms with Gasteiger partial charge in [-0.1, -0.05) is 30.3 Å². The van der Waals surface area contributed by atoms with Gasteiger partial charge in [-0.05, 0) is 43.2 Å². The van der Waals surface area contributed by atoms with Crippen LogP contribution in [0.5, 0.6) is 0 Å². The first-order valence-corrected chi connectivity index (χ1v) is 10.1. The van der Waals surface area contributed by atoms with Crippen molar-refractivity contribution in [1.29, 1.82) is 0 Å².